The number of rotatable bonds is 6. The standard InChI is InChI=1S/C10H18N2O2S/c1-15(2,3)5-4-14-9-12-6-10(7-13)11-8-12/h6-8H,4-5,9H2,1-3H3. The summed E-state index contributed by atoms with van der Waals surface area (Å²) in [5, 5.41) is 0. The summed E-state index contributed by atoms with van der Waals surface area (Å²) in [5.74, 6) is 1.10. The highest BCUT2D eigenvalue weighted by Crippen LogP contribution is 2.33. The van der Waals surface area contributed by atoms with Gasteiger partial charge in [-0.05, 0) is 18.8 Å². The van der Waals surface area contributed by atoms with Crippen molar-refractivity contribution in [2.24, 2.45) is 0 Å². The maximum absolute atomic E-state index is 10.4. The number of carbonyl (C=O) groups is 1. The summed E-state index contributed by atoms with van der Waals surface area (Å²) in [4.78, 5) is 14.3. The highest BCUT2D eigenvalue weighted by molar-refractivity contribution is 8.32. The van der Waals surface area contributed by atoms with Crippen molar-refractivity contribution in [3.05, 3.63) is 18.2 Å². The summed E-state index contributed by atoms with van der Waals surface area (Å²) < 4.78 is 7.25. The third-order valence-electron chi connectivity index (χ3n) is 1.85. The minimum Gasteiger partial charge on any atom is -0.360 e. The molecule has 0 N–H and O–H groups in total. The third-order valence-corrected chi connectivity index (χ3v) is 3.25. The van der Waals surface area contributed by atoms with Crippen molar-refractivity contribution < 1.29 is 9.53 Å². The van der Waals surface area contributed by atoms with Crippen LogP contribution in [0.3, 0.4) is 0 Å². The van der Waals surface area contributed by atoms with Gasteiger partial charge in [-0.1, -0.05) is 0 Å². The predicted octanol–water partition coefficient (Wildman–Crippen LogP) is 1.36. The van der Waals surface area contributed by atoms with E-state index in [1.165, 1.54) is 0 Å². The zero-order valence-corrected chi connectivity index (χ0v) is 10.3. The van der Waals surface area contributed by atoms with E-state index in [0.717, 1.165) is 18.6 Å². The number of imidazole rings is 1. The molecule has 1 aromatic heterocycles. The molecule has 1 aromatic rings. The number of nitrogens with zero attached hydrogens (tertiary/aromatic N) is 2. The molecule has 15 heavy (non-hydrogen) atoms. The molecule has 0 fully saturated rings. The lowest BCUT2D eigenvalue weighted by molar-refractivity contribution is 0.0895. The SMILES string of the molecule is CS(C)(C)CCOCn1cnc(C=O)c1. The number of carbonyl (C=O) groups excluding carboxylic acids is 1. The molecule has 0 bridgehead atoms. The molecule has 0 saturated carbocycles. The highest BCUT2D eigenvalue weighted by Gasteiger charge is 2.03. The van der Waals surface area contributed by atoms with E-state index in [9.17, 15) is 4.79 Å². The minimum atomic E-state index is -0.484. The van der Waals surface area contributed by atoms with E-state index in [1.807, 2.05) is 0 Å². The summed E-state index contributed by atoms with van der Waals surface area (Å²) in [6.07, 6.45) is 10.8. The largest absolute Gasteiger partial charge is 0.360 e. The van der Waals surface area contributed by atoms with Crippen molar-refractivity contribution in [3.8, 4) is 0 Å². The molecule has 0 unspecified atom stereocenters. The highest BCUT2D eigenvalue weighted by atomic mass is 32.3. The van der Waals surface area contributed by atoms with E-state index in [1.54, 1.807) is 17.1 Å². The summed E-state index contributed by atoms with van der Waals surface area (Å²) >= 11 is 0. The Hall–Kier alpha value is -0.810. The number of ether oxygens (including phenoxy) is 1. The van der Waals surface area contributed by atoms with E-state index >= 15 is 0 Å². The normalized spacial score (nSPS) is 12.7. The van der Waals surface area contributed by atoms with Gasteiger partial charge in [0.2, 0.25) is 0 Å². The van der Waals surface area contributed by atoms with E-state index in [-0.39, 0.29) is 0 Å². The summed E-state index contributed by atoms with van der Waals surface area (Å²) in [6.45, 7) is 1.23. The fourth-order valence-corrected chi connectivity index (χ4v) is 1.61. The van der Waals surface area contributed by atoms with Crippen LogP contribution in [0.5, 0.6) is 0 Å². The fraction of sp³-hybridized carbons (Fsp3) is 0.600. The number of hydrogen-bond acceptors (Lipinski definition) is 3. The molecule has 0 atom stereocenters. The van der Waals surface area contributed by atoms with Crippen molar-refractivity contribution in [2.45, 2.75) is 6.73 Å². The van der Waals surface area contributed by atoms with Crippen LogP contribution in [0.2, 0.25) is 0 Å². The first-order valence-electron chi connectivity index (χ1n) is 4.72. The van der Waals surface area contributed by atoms with Gasteiger partial charge < -0.3 is 9.30 Å². The van der Waals surface area contributed by atoms with Gasteiger partial charge in [0.25, 0.3) is 0 Å². The molecule has 0 aromatic carbocycles. The Bertz CT molecular complexity index is 317. The minimum absolute atomic E-state index is 0.444. The maximum atomic E-state index is 10.4. The second-order valence-electron chi connectivity index (χ2n) is 4.26. The van der Waals surface area contributed by atoms with Crippen molar-refractivity contribution in [3.63, 3.8) is 0 Å². The van der Waals surface area contributed by atoms with E-state index in [0.29, 0.717) is 12.4 Å². The molecule has 5 heteroatoms. The molecular weight excluding hydrogens is 212 g/mol. The first-order chi connectivity index (χ1) is 7.01. The van der Waals surface area contributed by atoms with Gasteiger partial charge in [-0.2, -0.15) is 0 Å². The summed E-state index contributed by atoms with van der Waals surface area (Å²) in [6, 6.07) is 0. The van der Waals surface area contributed by atoms with Crippen LogP contribution in [0.4, 0.5) is 0 Å². The van der Waals surface area contributed by atoms with Gasteiger partial charge in [0.1, 0.15) is 12.4 Å². The zero-order chi connectivity index (χ0) is 11.3. The molecule has 86 valence electrons. The molecule has 4 nitrogen and oxygen atoms in total. The molecular formula is C10H18N2O2S. The average molecular weight is 230 g/mol. The van der Waals surface area contributed by atoms with Crippen molar-refractivity contribution >= 4 is 16.3 Å². The van der Waals surface area contributed by atoms with Crippen LogP contribution < -0.4 is 0 Å². The van der Waals surface area contributed by atoms with Crippen LogP contribution >= 0.6 is 10.0 Å². The van der Waals surface area contributed by atoms with Crippen LogP contribution in [-0.2, 0) is 11.5 Å². The third kappa shape index (κ3) is 4.99. The zero-order valence-electron chi connectivity index (χ0n) is 9.47. The van der Waals surface area contributed by atoms with Crippen LogP contribution in [0.15, 0.2) is 12.5 Å². The number of hydrogen-bond donors (Lipinski definition) is 0. The molecule has 0 amide bonds. The molecule has 0 saturated heterocycles. The Labute approximate surface area is 92.0 Å². The second-order valence-corrected chi connectivity index (χ2v) is 8.85. The summed E-state index contributed by atoms with van der Waals surface area (Å²) in [5.41, 5.74) is 0.444. The molecule has 0 spiro atoms. The summed E-state index contributed by atoms with van der Waals surface area (Å²) in [7, 11) is -0.484. The van der Waals surface area contributed by atoms with Crippen LogP contribution in [0.25, 0.3) is 0 Å². The van der Waals surface area contributed by atoms with E-state index in [2.05, 4.69) is 23.8 Å². The molecule has 0 aliphatic carbocycles. The van der Waals surface area contributed by atoms with E-state index in [4.69, 9.17) is 4.74 Å². The topological polar surface area (TPSA) is 44.1 Å². The monoisotopic (exact) mass is 230 g/mol. The van der Waals surface area contributed by atoms with Gasteiger partial charge in [-0.25, -0.2) is 15.0 Å². The number of aromatic nitrogens is 2. The fourth-order valence-electron chi connectivity index (χ4n) is 0.988. The molecule has 1 rings (SSSR count). The first kappa shape index (κ1) is 12.3. The van der Waals surface area contributed by atoms with Crippen molar-refractivity contribution in [1.29, 1.82) is 0 Å². The smallest absolute Gasteiger partial charge is 0.169 e. The van der Waals surface area contributed by atoms with E-state index < -0.39 is 10.0 Å². The van der Waals surface area contributed by atoms with Gasteiger partial charge in [0.05, 0.1) is 12.9 Å². The Morgan fingerprint density at radius 3 is 2.80 bits per heavy atom. The Morgan fingerprint density at radius 2 is 2.27 bits per heavy atom. The molecule has 1 heterocycles. The predicted molar refractivity (Wildman–Crippen MR) is 63.8 cm³/mol. The van der Waals surface area contributed by atoms with Crippen LogP contribution in [-0.4, -0.2) is 47.0 Å². The van der Waals surface area contributed by atoms with Gasteiger partial charge >= 0.3 is 0 Å². The lowest BCUT2D eigenvalue weighted by atomic mass is 10.5. The van der Waals surface area contributed by atoms with Crippen LogP contribution in [0, 0.1) is 0 Å². The second kappa shape index (κ2) is 5.32. The van der Waals surface area contributed by atoms with Crippen molar-refractivity contribution in [1.82, 2.24) is 9.55 Å². The van der Waals surface area contributed by atoms with Gasteiger partial charge in [0, 0.05) is 11.9 Å². The Morgan fingerprint density at radius 1 is 1.53 bits per heavy atom. The first-order valence-corrected chi connectivity index (χ1v) is 7.75. The Balaban J connectivity index is 2.23. The quantitative estimate of drug-likeness (QED) is 0.547. The van der Waals surface area contributed by atoms with Gasteiger partial charge in [-0.3, -0.25) is 4.79 Å². The molecule has 0 aliphatic heterocycles. The number of aldehydes is 1. The average Bonchev–Trinajstić information content (AvgIpc) is 2.59. The molecule has 0 radical (unpaired) electrons. The lowest BCUT2D eigenvalue weighted by Crippen LogP contribution is -2.09. The van der Waals surface area contributed by atoms with Crippen LogP contribution in [0.1, 0.15) is 10.5 Å². The molecule has 0 aliphatic rings. The van der Waals surface area contributed by atoms with Crippen molar-refractivity contribution in [2.75, 3.05) is 31.1 Å². The van der Waals surface area contributed by atoms with Gasteiger partial charge in [-0.15, -0.1) is 0 Å². The van der Waals surface area contributed by atoms with Gasteiger partial charge in [0.15, 0.2) is 6.29 Å². The maximum Gasteiger partial charge on any atom is 0.169 e. The Kier molecular flexibility index (Phi) is 4.35. The lowest BCUT2D eigenvalue weighted by Gasteiger charge is -2.24.